The molecule has 2 aromatic rings. The van der Waals surface area contributed by atoms with Gasteiger partial charge >= 0.3 is 0 Å². The highest BCUT2D eigenvalue weighted by molar-refractivity contribution is 6.13. The van der Waals surface area contributed by atoms with E-state index in [1.54, 1.807) is 36.5 Å². The van der Waals surface area contributed by atoms with Gasteiger partial charge < -0.3 is 5.32 Å². The number of carbonyl (C=O) groups is 2. The molecular formula is C24H24FN3O2. The number of Topliss-reactive ketones (excluding diaryl/α,β-unsaturated/α-hetero) is 1. The van der Waals surface area contributed by atoms with Gasteiger partial charge in [0.2, 0.25) is 5.91 Å². The molecule has 0 radical (unpaired) electrons. The minimum atomic E-state index is -0.679. The second-order valence-electron chi connectivity index (χ2n) is 8.77. The summed E-state index contributed by atoms with van der Waals surface area (Å²) in [5.41, 5.74) is 2.50. The molecule has 2 atom stereocenters. The number of pyridine rings is 1. The third-order valence-electron chi connectivity index (χ3n) is 5.73. The number of aliphatic imine (C=N–C) groups is 1. The zero-order valence-corrected chi connectivity index (χ0v) is 17.3. The van der Waals surface area contributed by atoms with Crippen LogP contribution in [0.3, 0.4) is 0 Å². The zero-order valence-electron chi connectivity index (χ0n) is 17.3. The summed E-state index contributed by atoms with van der Waals surface area (Å²) in [4.78, 5) is 35.4. The molecule has 1 aromatic heterocycles. The number of allylic oxidation sites excluding steroid dienone is 2. The molecule has 0 saturated heterocycles. The molecule has 0 saturated carbocycles. The van der Waals surface area contributed by atoms with Crippen LogP contribution >= 0.6 is 0 Å². The molecule has 5 nitrogen and oxygen atoms in total. The lowest BCUT2D eigenvalue weighted by molar-refractivity contribution is -0.119. The van der Waals surface area contributed by atoms with Crippen LogP contribution in [0.2, 0.25) is 0 Å². The van der Waals surface area contributed by atoms with E-state index in [9.17, 15) is 14.0 Å². The van der Waals surface area contributed by atoms with Gasteiger partial charge in [0.15, 0.2) is 5.78 Å². The fourth-order valence-electron chi connectivity index (χ4n) is 4.46. The van der Waals surface area contributed by atoms with Crippen molar-refractivity contribution in [3.63, 3.8) is 0 Å². The summed E-state index contributed by atoms with van der Waals surface area (Å²) >= 11 is 0. The third-order valence-corrected chi connectivity index (χ3v) is 5.73. The number of halogens is 1. The average molecular weight is 405 g/mol. The summed E-state index contributed by atoms with van der Waals surface area (Å²) in [5, 5.41) is 2.84. The first-order valence-corrected chi connectivity index (χ1v) is 10.0. The maximum absolute atomic E-state index is 13.6. The van der Waals surface area contributed by atoms with Crippen LogP contribution < -0.4 is 5.32 Å². The molecule has 0 fully saturated rings. The first kappa shape index (κ1) is 20.1. The minimum absolute atomic E-state index is 0.00228. The van der Waals surface area contributed by atoms with Crippen molar-refractivity contribution in [3.05, 3.63) is 71.3 Å². The lowest BCUT2D eigenvalue weighted by atomic mass is 9.66. The van der Waals surface area contributed by atoms with Gasteiger partial charge in [-0.25, -0.2) is 9.37 Å². The van der Waals surface area contributed by atoms with Gasteiger partial charge in [-0.15, -0.1) is 0 Å². The van der Waals surface area contributed by atoms with Crippen LogP contribution in [0.25, 0.3) is 0 Å². The van der Waals surface area contributed by atoms with Crippen LogP contribution in [-0.2, 0) is 9.59 Å². The maximum atomic E-state index is 13.6. The summed E-state index contributed by atoms with van der Waals surface area (Å²) in [6.45, 7) is 5.91. The lowest BCUT2D eigenvalue weighted by Gasteiger charge is -2.39. The number of benzene rings is 1. The Bertz CT molecular complexity index is 1060. The van der Waals surface area contributed by atoms with E-state index < -0.39 is 11.8 Å². The molecule has 0 spiro atoms. The molecule has 4 rings (SSSR count). The van der Waals surface area contributed by atoms with Crippen molar-refractivity contribution in [1.29, 1.82) is 0 Å². The molecule has 1 aliphatic heterocycles. The SMILES string of the molecule is CC1=NC2=C(C(=O)CC(C)(C)C2)[C@@H](c2ccc(F)cc2)C1C(=O)Nc1ccccn1. The van der Waals surface area contributed by atoms with Crippen molar-refractivity contribution < 1.29 is 14.0 Å². The molecule has 1 aromatic carbocycles. The van der Waals surface area contributed by atoms with Crippen molar-refractivity contribution in [2.75, 3.05) is 5.32 Å². The standard InChI is InChI=1S/C24H24FN3O2/c1-14-20(23(30)28-19-6-4-5-11-26-19)21(15-7-9-16(25)10-8-15)22-17(27-14)12-24(2,3)13-18(22)29/h4-11,20-21H,12-13H2,1-3H3,(H,26,28,30)/t20?,21-/m0/s1. The number of amides is 1. The van der Waals surface area contributed by atoms with Crippen molar-refractivity contribution in [1.82, 2.24) is 4.98 Å². The molecule has 1 aliphatic carbocycles. The quantitative estimate of drug-likeness (QED) is 0.806. The fourth-order valence-corrected chi connectivity index (χ4v) is 4.46. The lowest BCUT2D eigenvalue weighted by Crippen LogP contribution is -2.41. The van der Waals surface area contributed by atoms with Gasteiger partial charge in [-0.3, -0.25) is 14.6 Å². The Morgan fingerprint density at radius 2 is 1.87 bits per heavy atom. The van der Waals surface area contributed by atoms with Crippen LogP contribution in [0, 0.1) is 17.2 Å². The van der Waals surface area contributed by atoms with Crippen LogP contribution in [0.4, 0.5) is 10.2 Å². The third kappa shape index (κ3) is 3.82. The van der Waals surface area contributed by atoms with Gasteiger partial charge in [-0.2, -0.15) is 0 Å². The molecule has 0 bridgehead atoms. The van der Waals surface area contributed by atoms with Crippen LogP contribution in [0.5, 0.6) is 0 Å². The molecular weight excluding hydrogens is 381 g/mol. The Balaban J connectivity index is 1.80. The number of hydrogen-bond donors (Lipinski definition) is 1. The highest BCUT2D eigenvalue weighted by Gasteiger charge is 2.45. The van der Waals surface area contributed by atoms with E-state index in [2.05, 4.69) is 10.3 Å². The van der Waals surface area contributed by atoms with E-state index in [-0.39, 0.29) is 22.9 Å². The van der Waals surface area contributed by atoms with E-state index >= 15 is 0 Å². The smallest absolute Gasteiger partial charge is 0.235 e. The molecule has 2 heterocycles. The molecule has 1 amide bonds. The number of nitrogens with zero attached hydrogens (tertiary/aromatic N) is 2. The van der Waals surface area contributed by atoms with Crippen LogP contribution in [-0.4, -0.2) is 22.4 Å². The summed E-state index contributed by atoms with van der Waals surface area (Å²) in [7, 11) is 0. The van der Waals surface area contributed by atoms with Gasteiger partial charge in [-0.05, 0) is 48.6 Å². The Labute approximate surface area is 175 Å². The second kappa shape index (κ2) is 7.59. The highest BCUT2D eigenvalue weighted by Crippen LogP contribution is 2.47. The summed E-state index contributed by atoms with van der Waals surface area (Å²) in [5.74, 6) is -1.40. The molecule has 30 heavy (non-hydrogen) atoms. The number of carbonyl (C=O) groups excluding carboxylic acids is 2. The molecule has 2 aliphatic rings. The van der Waals surface area contributed by atoms with E-state index in [1.165, 1.54) is 12.1 Å². The largest absolute Gasteiger partial charge is 0.310 e. The molecule has 154 valence electrons. The van der Waals surface area contributed by atoms with Crippen molar-refractivity contribution in [2.24, 2.45) is 16.3 Å². The predicted molar refractivity (Wildman–Crippen MR) is 114 cm³/mol. The van der Waals surface area contributed by atoms with E-state index in [0.29, 0.717) is 29.9 Å². The first-order valence-electron chi connectivity index (χ1n) is 10.0. The number of hydrogen-bond acceptors (Lipinski definition) is 4. The van der Waals surface area contributed by atoms with Gasteiger partial charge in [0.25, 0.3) is 0 Å². The van der Waals surface area contributed by atoms with Crippen LogP contribution in [0.15, 0.2) is 64.9 Å². The normalized spacial score (nSPS) is 22.9. The van der Waals surface area contributed by atoms with E-state index in [1.807, 2.05) is 20.8 Å². The van der Waals surface area contributed by atoms with Gasteiger partial charge in [0, 0.05) is 35.5 Å². The zero-order chi connectivity index (χ0) is 21.5. The van der Waals surface area contributed by atoms with Crippen molar-refractivity contribution >= 4 is 23.2 Å². The summed E-state index contributed by atoms with van der Waals surface area (Å²) in [6, 6.07) is 11.3. The number of anilines is 1. The van der Waals surface area contributed by atoms with E-state index in [0.717, 1.165) is 11.3 Å². The number of nitrogens with one attached hydrogen (secondary N) is 1. The molecule has 1 unspecified atom stereocenters. The van der Waals surface area contributed by atoms with Crippen molar-refractivity contribution in [2.45, 2.75) is 39.5 Å². The van der Waals surface area contributed by atoms with E-state index in [4.69, 9.17) is 4.99 Å². The van der Waals surface area contributed by atoms with Gasteiger partial charge in [-0.1, -0.05) is 32.0 Å². The van der Waals surface area contributed by atoms with Crippen LogP contribution in [0.1, 0.15) is 45.1 Å². The minimum Gasteiger partial charge on any atom is -0.310 e. The number of ketones is 1. The Kier molecular flexibility index (Phi) is 5.10. The Morgan fingerprint density at radius 3 is 2.53 bits per heavy atom. The maximum Gasteiger partial charge on any atom is 0.235 e. The molecule has 6 heteroatoms. The second-order valence-corrected chi connectivity index (χ2v) is 8.77. The topological polar surface area (TPSA) is 71.4 Å². The number of aromatic nitrogens is 1. The number of rotatable bonds is 3. The molecule has 1 N–H and O–H groups in total. The Hall–Kier alpha value is -3.15. The van der Waals surface area contributed by atoms with Crippen molar-refractivity contribution in [3.8, 4) is 0 Å². The summed E-state index contributed by atoms with van der Waals surface area (Å²) in [6.07, 6.45) is 2.66. The Morgan fingerprint density at radius 1 is 1.13 bits per heavy atom. The predicted octanol–water partition coefficient (Wildman–Crippen LogP) is 4.68. The van der Waals surface area contributed by atoms with Gasteiger partial charge in [0.05, 0.1) is 5.92 Å². The average Bonchev–Trinajstić information content (AvgIpc) is 2.67. The highest BCUT2D eigenvalue weighted by atomic mass is 19.1. The fraction of sp³-hybridized carbons (Fsp3) is 0.333. The monoisotopic (exact) mass is 405 g/mol. The van der Waals surface area contributed by atoms with Gasteiger partial charge in [0.1, 0.15) is 11.6 Å². The first-order chi connectivity index (χ1) is 14.2. The summed E-state index contributed by atoms with van der Waals surface area (Å²) < 4.78 is 13.6.